The zero-order valence-corrected chi connectivity index (χ0v) is 15.4. The van der Waals surface area contributed by atoms with Gasteiger partial charge >= 0.3 is 11.9 Å². The maximum atomic E-state index is 12.0. The number of carbonyl (C=O) groups is 2. The zero-order chi connectivity index (χ0) is 17.4. The number of hydrogen-bond donors (Lipinski definition) is 1. The normalized spacial score (nSPS) is 9.96. The number of ether oxygens (including phenoxy) is 2. The van der Waals surface area contributed by atoms with E-state index in [9.17, 15) is 9.59 Å². The molecule has 0 aliphatic rings. The van der Waals surface area contributed by atoms with Crippen LogP contribution in [0.2, 0.25) is 0 Å². The number of unbranched alkanes of at least 4 members (excludes halogenated alkanes) is 1. The van der Waals surface area contributed by atoms with Gasteiger partial charge in [-0.15, -0.1) is 0 Å². The number of rotatable bonds is 8. The molecule has 0 saturated heterocycles. The van der Waals surface area contributed by atoms with E-state index < -0.39 is 11.9 Å². The summed E-state index contributed by atoms with van der Waals surface area (Å²) in [5.74, 6) is -1.50. The minimum absolute atomic E-state index is 0. The topological polar surface area (TPSA) is 98.6 Å². The second kappa shape index (κ2) is 10.6. The van der Waals surface area contributed by atoms with Crippen molar-refractivity contribution in [3.8, 4) is 11.4 Å². The van der Waals surface area contributed by atoms with Crippen LogP contribution in [0.15, 0.2) is 36.7 Å². The minimum Gasteiger partial charge on any atom is -0.478 e. The number of aromatic carboxylic acids is 1. The van der Waals surface area contributed by atoms with Crippen LogP contribution in [0.25, 0.3) is 11.4 Å². The number of pyridine rings is 2. The summed E-state index contributed by atoms with van der Waals surface area (Å²) in [5.41, 5.74) is 1.23. The smallest absolute Gasteiger partial charge is 0.338 e. The number of hydrogen-bond acceptors (Lipinski definition) is 6. The van der Waals surface area contributed by atoms with E-state index >= 15 is 0 Å². The molecule has 0 fully saturated rings. The van der Waals surface area contributed by atoms with Crippen LogP contribution in [-0.4, -0.2) is 47.3 Å². The van der Waals surface area contributed by atoms with E-state index in [0.29, 0.717) is 30.2 Å². The summed E-state index contributed by atoms with van der Waals surface area (Å²) < 4.78 is 10.1. The standard InChI is InChI=1S/C17H18N2O5.Ru/c1-23-8-2-3-9-24-17(22)13-5-7-19-15(11-13)14-10-12(16(20)21)4-6-18-14;/h4-7,10-11H,2-3,8-9H2,1H3,(H,20,21);. The van der Waals surface area contributed by atoms with Crippen molar-refractivity contribution in [1.82, 2.24) is 9.97 Å². The van der Waals surface area contributed by atoms with Gasteiger partial charge in [0.05, 0.1) is 29.1 Å². The summed E-state index contributed by atoms with van der Waals surface area (Å²) in [6.07, 6.45) is 4.39. The van der Waals surface area contributed by atoms with Gasteiger partial charge in [0, 0.05) is 45.6 Å². The second-order valence-electron chi connectivity index (χ2n) is 5.00. The first-order chi connectivity index (χ1) is 11.6. The molecule has 134 valence electrons. The van der Waals surface area contributed by atoms with Crippen molar-refractivity contribution in [2.24, 2.45) is 0 Å². The summed E-state index contributed by atoms with van der Waals surface area (Å²) in [7, 11) is 1.62. The summed E-state index contributed by atoms with van der Waals surface area (Å²) >= 11 is 0. The molecule has 0 bridgehead atoms. The van der Waals surface area contributed by atoms with Crippen LogP contribution < -0.4 is 0 Å². The maximum absolute atomic E-state index is 12.0. The molecule has 0 unspecified atom stereocenters. The van der Waals surface area contributed by atoms with Crippen LogP contribution in [0.4, 0.5) is 0 Å². The van der Waals surface area contributed by atoms with Gasteiger partial charge in [-0.3, -0.25) is 9.97 Å². The van der Waals surface area contributed by atoms with Gasteiger partial charge in [0.2, 0.25) is 0 Å². The largest absolute Gasteiger partial charge is 0.478 e. The Labute approximate surface area is 158 Å². The molecule has 25 heavy (non-hydrogen) atoms. The number of methoxy groups -OCH3 is 1. The van der Waals surface area contributed by atoms with E-state index in [2.05, 4.69) is 9.97 Å². The monoisotopic (exact) mass is 432 g/mol. The third-order valence-corrected chi connectivity index (χ3v) is 3.24. The molecule has 0 aromatic carbocycles. The SMILES string of the molecule is COCCCCOC(=O)c1ccnc(-c2cc(C(=O)O)ccn2)c1.[Ru]. The molecular weight excluding hydrogens is 413 g/mol. The van der Waals surface area contributed by atoms with Crippen LogP contribution in [0.1, 0.15) is 33.6 Å². The van der Waals surface area contributed by atoms with Gasteiger partial charge < -0.3 is 14.6 Å². The van der Waals surface area contributed by atoms with Gasteiger partial charge in [0.15, 0.2) is 0 Å². The average Bonchev–Trinajstić information content (AvgIpc) is 2.61. The Morgan fingerprint density at radius 2 is 1.56 bits per heavy atom. The molecule has 0 saturated carbocycles. The maximum Gasteiger partial charge on any atom is 0.338 e. The van der Waals surface area contributed by atoms with Gasteiger partial charge in [0.25, 0.3) is 0 Å². The third kappa shape index (κ3) is 6.32. The fraction of sp³-hybridized carbons (Fsp3) is 0.294. The van der Waals surface area contributed by atoms with Gasteiger partial charge in [-0.1, -0.05) is 0 Å². The van der Waals surface area contributed by atoms with Crippen molar-refractivity contribution in [2.75, 3.05) is 20.3 Å². The van der Waals surface area contributed by atoms with Crippen molar-refractivity contribution < 1.29 is 43.6 Å². The molecule has 0 aliphatic heterocycles. The Kier molecular flexibility index (Phi) is 8.88. The molecule has 0 aliphatic carbocycles. The number of carboxylic acid groups (broad SMARTS) is 1. The molecule has 2 aromatic rings. The first-order valence-electron chi connectivity index (χ1n) is 7.43. The Morgan fingerprint density at radius 3 is 2.16 bits per heavy atom. The van der Waals surface area contributed by atoms with Gasteiger partial charge in [-0.25, -0.2) is 9.59 Å². The second-order valence-corrected chi connectivity index (χ2v) is 5.00. The Bertz CT molecular complexity index is 724. The molecule has 2 heterocycles. The van der Waals surface area contributed by atoms with Crippen molar-refractivity contribution >= 4 is 11.9 Å². The molecule has 7 nitrogen and oxygen atoms in total. The first kappa shape index (κ1) is 20.9. The number of aromatic nitrogens is 2. The fourth-order valence-electron chi connectivity index (χ4n) is 2.00. The van der Waals surface area contributed by atoms with Crippen molar-refractivity contribution in [1.29, 1.82) is 0 Å². The molecule has 0 atom stereocenters. The van der Waals surface area contributed by atoms with Crippen LogP contribution in [0.3, 0.4) is 0 Å². The number of esters is 1. The van der Waals surface area contributed by atoms with E-state index in [1.165, 1.54) is 30.6 Å². The van der Waals surface area contributed by atoms with Crippen molar-refractivity contribution in [3.05, 3.63) is 47.8 Å². The van der Waals surface area contributed by atoms with Crippen LogP contribution in [0, 0.1) is 0 Å². The molecule has 2 rings (SSSR count). The summed E-state index contributed by atoms with van der Waals surface area (Å²) in [6, 6.07) is 5.88. The predicted molar refractivity (Wildman–Crippen MR) is 85.8 cm³/mol. The van der Waals surface area contributed by atoms with Crippen molar-refractivity contribution in [2.45, 2.75) is 12.8 Å². The Morgan fingerprint density at radius 1 is 1.00 bits per heavy atom. The summed E-state index contributed by atoms with van der Waals surface area (Å²) in [5, 5.41) is 9.03. The fourth-order valence-corrected chi connectivity index (χ4v) is 2.00. The molecule has 8 heteroatoms. The number of carbonyl (C=O) groups excluding carboxylic acids is 1. The van der Waals surface area contributed by atoms with Crippen LogP contribution >= 0.6 is 0 Å². The van der Waals surface area contributed by atoms with Crippen molar-refractivity contribution in [3.63, 3.8) is 0 Å². The van der Waals surface area contributed by atoms with E-state index in [4.69, 9.17) is 14.6 Å². The molecule has 0 radical (unpaired) electrons. The van der Waals surface area contributed by atoms with Crippen LogP contribution in [0.5, 0.6) is 0 Å². The van der Waals surface area contributed by atoms with Gasteiger partial charge in [0.1, 0.15) is 0 Å². The molecule has 0 spiro atoms. The molecular formula is C17H18N2O5Ru. The van der Waals surface area contributed by atoms with E-state index in [0.717, 1.165) is 12.8 Å². The molecule has 0 amide bonds. The summed E-state index contributed by atoms with van der Waals surface area (Å²) in [6.45, 7) is 0.940. The quantitative estimate of drug-likeness (QED) is 0.389. The molecule has 2 aromatic heterocycles. The predicted octanol–water partition coefficient (Wildman–Crippen LogP) is 2.42. The average molecular weight is 431 g/mol. The van der Waals surface area contributed by atoms with Gasteiger partial charge in [-0.2, -0.15) is 0 Å². The van der Waals surface area contributed by atoms with E-state index in [1.807, 2.05) is 0 Å². The van der Waals surface area contributed by atoms with E-state index in [1.54, 1.807) is 13.2 Å². The number of nitrogens with zero attached hydrogens (tertiary/aromatic N) is 2. The van der Waals surface area contributed by atoms with Gasteiger partial charge in [-0.05, 0) is 37.1 Å². The third-order valence-electron chi connectivity index (χ3n) is 3.24. The molecule has 1 N–H and O–H groups in total. The first-order valence-corrected chi connectivity index (χ1v) is 7.43. The Balaban J connectivity index is 0.00000312. The van der Waals surface area contributed by atoms with Crippen LogP contribution in [-0.2, 0) is 29.0 Å². The van der Waals surface area contributed by atoms with E-state index in [-0.39, 0.29) is 25.0 Å². The Hall–Kier alpha value is -2.18. The number of carboxylic acids is 1. The zero-order valence-electron chi connectivity index (χ0n) is 13.6. The summed E-state index contributed by atoms with van der Waals surface area (Å²) in [4.78, 5) is 31.3. The minimum atomic E-state index is -1.05.